The summed E-state index contributed by atoms with van der Waals surface area (Å²) in [7, 11) is 5.83. The molecule has 2 aliphatic heterocycles. The Bertz CT molecular complexity index is 1890. The summed E-state index contributed by atoms with van der Waals surface area (Å²) in [6.45, 7) is 7.59. The maximum Gasteiger partial charge on any atom is 0.407 e. The molecule has 1 unspecified atom stereocenters. The molecule has 1 aliphatic carbocycles. The van der Waals surface area contributed by atoms with Crippen LogP contribution in [0.4, 0.5) is 16.2 Å². The Morgan fingerprint density at radius 3 is 1.93 bits per heavy atom. The second-order valence-corrected chi connectivity index (χ2v) is 20.1. The van der Waals surface area contributed by atoms with Gasteiger partial charge in [-0.3, -0.25) is 4.79 Å². The minimum Gasteiger partial charge on any atom is -0.446 e. The van der Waals surface area contributed by atoms with Crippen molar-refractivity contribution in [3.8, 4) is 0 Å². The molecule has 1 atom stereocenters. The summed E-state index contributed by atoms with van der Waals surface area (Å²) in [6, 6.07) is 18.0. The van der Waals surface area contributed by atoms with Gasteiger partial charge in [-0.2, -0.15) is 0 Å². The third kappa shape index (κ3) is 9.38. The number of anilines is 2. The van der Waals surface area contributed by atoms with Gasteiger partial charge in [0.1, 0.15) is 14.2 Å². The molecule has 0 saturated heterocycles. The molecule has 3 aliphatic rings. The molecule has 0 fully saturated rings. The number of benzene rings is 3. The fourth-order valence-corrected chi connectivity index (χ4v) is 11.1. The second kappa shape index (κ2) is 18.7. The first-order valence-electron chi connectivity index (χ1n) is 20.1. The van der Waals surface area contributed by atoms with Crippen molar-refractivity contribution in [1.29, 1.82) is 0 Å². The number of carbonyl (C=O) groups is 3. The van der Waals surface area contributed by atoms with Crippen LogP contribution in [-0.4, -0.2) is 113 Å². The van der Waals surface area contributed by atoms with Crippen LogP contribution in [0, 0.1) is 0 Å². The number of alkyl carbamates (subject to hydrolysis) is 1. The van der Waals surface area contributed by atoms with Crippen molar-refractivity contribution in [2.75, 3.05) is 90.7 Å². The summed E-state index contributed by atoms with van der Waals surface area (Å²) in [5.74, 6) is -0.667. The zero-order chi connectivity index (χ0) is 40.6. The monoisotopic (exact) mass is 798 g/mol. The molecule has 306 valence electrons. The normalized spacial score (nSPS) is 17.9. The average Bonchev–Trinajstić information content (AvgIpc) is 3.48. The molecule has 57 heavy (non-hydrogen) atoms. The van der Waals surface area contributed by atoms with E-state index in [2.05, 4.69) is 82.1 Å². The molecular weight excluding hydrogens is 741 g/mol. The zero-order valence-electron chi connectivity index (χ0n) is 34.3. The van der Waals surface area contributed by atoms with Crippen molar-refractivity contribution in [3.05, 3.63) is 94.6 Å². The Hall–Kier alpha value is -4.69. The second-order valence-electron chi connectivity index (χ2n) is 15.7. The molecule has 12 nitrogen and oxygen atoms in total. The van der Waals surface area contributed by atoms with Gasteiger partial charge in [-0.15, -0.1) is 0 Å². The average molecular weight is 799 g/mol. The van der Waals surface area contributed by atoms with E-state index in [4.69, 9.17) is 23.7 Å². The van der Waals surface area contributed by atoms with Gasteiger partial charge in [0.05, 0.1) is 45.2 Å². The highest BCUT2D eigenvalue weighted by atomic mass is 28.3. The Morgan fingerprint density at radius 2 is 1.32 bits per heavy atom. The summed E-state index contributed by atoms with van der Waals surface area (Å²) >= 11 is 0. The van der Waals surface area contributed by atoms with Gasteiger partial charge in [0, 0.05) is 74.9 Å². The predicted octanol–water partition coefficient (Wildman–Crippen LogP) is 4.81. The first-order valence-corrected chi connectivity index (χ1v) is 23.1. The highest BCUT2D eigenvalue weighted by Gasteiger charge is 2.56. The quantitative estimate of drug-likeness (QED) is 0.0903. The number of hydrogen-bond acceptors (Lipinski definition) is 10. The van der Waals surface area contributed by atoms with Gasteiger partial charge < -0.3 is 44.1 Å². The standard InChI is InChI=1S/C44H58N4O8Si/c1-47(2)32-15-18-36-39(29-32)57(5,6)40-30-33(48(3)4)16-19-37(40)44(36)38-28-31(14-17-35(38)42(50)56-44)41(49)45-20-22-52-24-26-54-27-25-53-23-21-46-43(51)55-34-12-10-8-7-9-11-13-34/h7-8,14-19,28-30,34H,9-13,20-27H2,1-6H3,(H,45,49)(H,46,51)/b8-7-. The van der Waals surface area contributed by atoms with E-state index in [0.29, 0.717) is 69.4 Å². The highest BCUT2D eigenvalue weighted by Crippen LogP contribution is 2.49. The summed E-state index contributed by atoms with van der Waals surface area (Å²) in [5, 5.41) is 8.10. The van der Waals surface area contributed by atoms with Gasteiger partial charge in [-0.25, -0.2) is 9.59 Å². The molecule has 1 spiro atoms. The van der Waals surface area contributed by atoms with Crippen LogP contribution >= 0.6 is 0 Å². The van der Waals surface area contributed by atoms with Gasteiger partial charge in [0.25, 0.3) is 5.91 Å². The van der Waals surface area contributed by atoms with Crippen molar-refractivity contribution in [2.45, 2.75) is 56.9 Å². The molecule has 13 heteroatoms. The van der Waals surface area contributed by atoms with Crippen LogP contribution in [0.5, 0.6) is 0 Å². The van der Waals surface area contributed by atoms with Gasteiger partial charge in [0.2, 0.25) is 0 Å². The summed E-state index contributed by atoms with van der Waals surface area (Å²) in [5.41, 5.74) is 4.46. The number of carbonyl (C=O) groups excluding carboxylic acids is 3. The van der Waals surface area contributed by atoms with Crippen LogP contribution in [-0.2, 0) is 29.3 Å². The Kier molecular flexibility index (Phi) is 13.8. The van der Waals surface area contributed by atoms with Gasteiger partial charge in [-0.05, 0) is 84.9 Å². The van der Waals surface area contributed by atoms with Crippen molar-refractivity contribution < 1.29 is 38.1 Å². The molecule has 2 N–H and O–H groups in total. The molecular formula is C44H58N4O8Si. The van der Waals surface area contributed by atoms with Crippen molar-refractivity contribution in [1.82, 2.24) is 10.6 Å². The number of ether oxygens (including phenoxy) is 5. The number of amides is 2. The lowest BCUT2D eigenvalue weighted by atomic mass is 9.78. The van der Waals surface area contributed by atoms with Crippen LogP contribution in [0.2, 0.25) is 13.1 Å². The first kappa shape index (κ1) is 41.9. The fraction of sp³-hybridized carbons (Fsp3) is 0.477. The molecule has 3 aromatic carbocycles. The van der Waals surface area contributed by atoms with E-state index in [1.165, 1.54) is 10.4 Å². The smallest absolute Gasteiger partial charge is 0.407 e. The molecule has 0 aromatic heterocycles. The number of fused-ring (bicyclic) bond motifs is 6. The predicted molar refractivity (Wildman–Crippen MR) is 225 cm³/mol. The topological polar surface area (TPSA) is 128 Å². The molecule has 6 rings (SSSR count). The van der Waals surface area contributed by atoms with Crippen LogP contribution in [0.15, 0.2) is 66.7 Å². The van der Waals surface area contributed by atoms with E-state index in [1.807, 2.05) is 34.3 Å². The molecule has 0 radical (unpaired) electrons. The number of nitrogens with one attached hydrogen (secondary N) is 2. The van der Waals surface area contributed by atoms with Crippen LogP contribution in [0.25, 0.3) is 0 Å². The number of esters is 1. The Morgan fingerprint density at radius 1 is 0.737 bits per heavy atom. The number of nitrogens with zero attached hydrogens (tertiary/aromatic N) is 2. The van der Waals surface area contributed by atoms with Crippen molar-refractivity contribution >= 4 is 47.8 Å². The van der Waals surface area contributed by atoms with E-state index in [9.17, 15) is 14.4 Å². The maximum absolute atomic E-state index is 13.7. The van der Waals surface area contributed by atoms with E-state index in [-0.39, 0.29) is 12.0 Å². The Labute approximate surface area is 337 Å². The Balaban J connectivity index is 0.986. The number of hydrogen-bond donors (Lipinski definition) is 2. The zero-order valence-corrected chi connectivity index (χ0v) is 35.3. The van der Waals surface area contributed by atoms with Crippen LogP contribution in [0.3, 0.4) is 0 Å². The van der Waals surface area contributed by atoms with Crippen LogP contribution < -0.4 is 30.8 Å². The van der Waals surface area contributed by atoms with E-state index in [1.54, 1.807) is 12.1 Å². The molecule has 0 bridgehead atoms. The molecule has 3 aromatic rings. The van der Waals surface area contributed by atoms with Gasteiger partial charge in [0.15, 0.2) is 5.60 Å². The summed E-state index contributed by atoms with van der Waals surface area (Å²) < 4.78 is 28.9. The van der Waals surface area contributed by atoms with E-state index >= 15 is 0 Å². The SMILES string of the molecule is CN(C)c1ccc2c(c1)[Si](C)(C)c1cc(N(C)C)ccc1C21OC(=O)c2ccc(C(=O)NCCOCCOCCOCCNC(=O)OC3CC/C=C\CCC3)cc21. The van der Waals surface area contributed by atoms with Crippen molar-refractivity contribution in [3.63, 3.8) is 0 Å². The lowest BCUT2D eigenvalue weighted by Crippen LogP contribution is -2.63. The minimum atomic E-state index is -2.28. The van der Waals surface area contributed by atoms with Crippen LogP contribution in [0.1, 0.15) is 69.5 Å². The first-order chi connectivity index (χ1) is 27.4. The third-order valence-electron chi connectivity index (χ3n) is 11.1. The molecule has 2 amide bonds. The lowest BCUT2D eigenvalue weighted by molar-refractivity contribution is 0.0153. The molecule has 0 saturated carbocycles. The lowest BCUT2D eigenvalue weighted by Gasteiger charge is -2.44. The largest absolute Gasteiger partial charge is 0.446 e. The number of rotatable bonds is 16. The van der Waals surface area contributed by atoms with E-state index in [0.717, 1.165) is 54.6 Å². The summed E-state index contributed by atoms with van der Waals surface area (Å²) in [6.07, 6.45) is 8.66. The van der Waals surface area contributed by atoms with E-state index < -0.39 is 25.7 Å². The fourth-order valence-electron chi connectivity index (χ4n) is 7.91. The van der Waals surface area contributed by atoms with Crippen molar-refractivity contribution in [2.24, 2.45) is 0 Å². The maximum atomic E-state index is 13.7. The molecule has 2 heterocycles. The minimum absolute atomic E-state index is 0.0347. The van der Waals surface area contributed by atoms with Gasteiger partial charge >= 0.3 is 12.1 Å². The van der Waals surface area contributed by atoms with Gasteiger partial charge in [-0.1, -0.05) is 37.4 Å². The number of allylic oxidation sites excluding steroid dienone is 2. The summed E-state index contributed by atoms with van der Waals surface area (Å²) in [4.78, 5) is 43.4. The highest BCUT2D eigenvalue weighted by molar-refractivity contribution is 7.01. The third-order valence-corrected chi connectivity index (χ3v) is 14.6.